The molecule has 1 aromatic carbocycles. The molecule has 1 aliphatic rings. The second-order valence-corrected chi connectivity index (χ2v) is 4.92. The average Bonchev–Trinajstić information content (AvgIpc) is 2.85. The summed E-state index contributed by atoms with van der Waals surface area (Å²) in [6, 6.07) is 3.90. The molecule has 1 saturated carbocycles. The highest BCUT2D eigenvalue weighted by Gasteiger charge is 2.59. The molecule has 1 aliphatic carbocycles. The van der Waals surface area contributed by atoms with E-state index in [9.17, 15) is 9.90 Å². The molecular weight excluding hydrogens is 202 g/mol. The topological polar surface area (TPSA) is 63.3 Å². The molecule has 0 spiro atoms. The number of carboxylic acid groups (broad SMARTS) is 1. The molecule has 1 aromatic rings. The van der Waals surface area contributed by atoms with Crippen molar-refractivity contribution in [3.8, 4) is 0 Å². The van der Waals surface area contributed by atoms with E-state index in [1.807, 2.05) is 32.9 Å². The first-order chi connectivity index (χ1) is 7.39. The maximum Gasteiger partial charge on any atom is 0.314 e. The van der Waals surface area contributed by atoms with E-state index >= 15 is 0 Å². The van der Waals surface area contributed by atoms with Gasteiger partial charge in [0.25, 0.3) is 0 Å². The van der Waals surface area contributed by atoms with Gasteiger partial charge in [-0.1, -0.05) is 24.6 Å². The van der Waals surface area contributed by atoms with Crippen LogP contribution in [0.25, 0.3) is 0 Å². The second kappa shape index (κ2) is 3.24. The normalized spacial score (nSPS) is 27.8. The number of hydrogen-bond acceptors (Lipinski definition) is 2. The van der Waals surface area contributed by atoms with Crippen LogP contribution >= 0.6 is 0 Å². The number of carbonyl (C=O) groups is 1. The third kappa shape index (κ3) is 1.31. The third-order valence-electron chi connectivity index (χ3n) is 3.70. The summed E-state index contributed by atoms with van der Waals surface area (Å²) < 4.78 is 0. The lowest BCUT2D eigenvalue weighted by molar-refractivity contribution is -0.140. The Morgan fingerprint density at radius 1 is 1.50 bits per heavy atom. The Hall–Kier alpha value is -1.51. The fraction of sp³-hybridized carbons (Fsp3) is 0.462. The Morgan fingerprint density at radius 2 is 2.06 bits per heavy atom. The van der Waals surface area contributed by atoms with E-state index in [4.69, 9.17) is 5.73 Å². The SMILES string of the molecule is Cc1cc(C)c(N)c(C2(C(=O)O)CC2C)c1. The van der Waals surface area contributed by atoms with Crippen LogP contribution in [0.2, 0.25) is 0 Å². The molecule has 1 fully saturated rings. The number of rotatable bonds is 2. The fourth-order valence-corrected chi connectivity index (χ4v) is 2.56. The zero-order valence-electron chi connectivity index (χ0n) is 9.87. The zero-order chi connectivity index (χ0) is 12.1. The van der Waals surface area contributed by atoms with Crippen LogP contribution in [0.5, 0.6) is 0 Å². The molecule has 86 valence electrons. The predicted molar refractivity (Wildman–Crippen MR) is 63.4 cm³/mol. The molecule has 0 saturated heterocycles. The summed E-state index contributed by atoms with van der Waals surface area (Å²) in [5.41, 5.74) is 8.75. The van der Waals surface area contributed by atoms with Gasteiger partial charge in [0.15, 0.2) is 0 Å². The molecule has 16 heavy (non-hydrogen) atoms. The number of anilines is 1. The summed E-state index contributed by atoms with van der Waals surface area (Å²) in [5, 5.41) is 9.38. The van der Waals surface area contributed by atoms with E-state index in [-0.39, 0.29) is 5.92 Å². The number of aryl methyl sites for hydroxylation is 2. The van der Waals surface area contributed by atoms with Gasteiger partial charge in [-0.2, -0.15) is 0 Å². The van der Waals surface area contributed by atoms with Crippen molar-refractivity contribution in [3.63, 3.8) is 0 Å². The standard InChI is InChI=1S/C13H17NO2/c1-7-4-8(2)11(14)10(5-7)13(12(15)16)6-9(13)3/h4-5,9H,6,14H2,1-3H3,(H,15,16). The minimum Gasteiger partial charge on any atom is -0.481 e. The highest BCUT2D eigenvalue weighted by atomic mass is 16.4. The Bertz CT molecular complexity index is 467. The molecule has 3 heteroatoms. The summed E-state index contributed by atoms with van der Waals surface area (Å²) in [5.74, 6) is -0.579. The smallest absolute Gasteiger partial charge is 0.314 e. The summed E-state index contributed by atoms with van der Waals surface area (Å²) in [6.07, 6.45) is 0.690. The van der Waals surface area contributed by atoms with Gasteiger partial charge in [0.1, 0.15) is 0 Å². The molecule has 0 radical (unpaired) electrons. The average molecular weight is 219 g/mol. The van der Waals surface area contributed by atoms with Gasteiger partial charge in [0.05, 0.1) is 5.41 Å². The van der Waals surface area contributed by atoms with Crippen molar-refractivity contribution < 1.29 is 9.90 Å². The molecule has 3 nitrogen and oxygen atoms in total. The van der Waals surface area contributed by atoms with Crippen molar-refractivity contribution in [2.75, 3.05) is 5.73 Å². The maximum atomic E-state index is 11.4. The van der Waals surface area contributed by atoms with Gasteiger partial charge < -0.3 is 10.8 Å². The highest BCUT2D eigenvalue weighted by molar-refractivity contribution is 5.88. The van der Waals surface area contributed by atoms with Crippen molar-refractivity contribution in [2.45, 2.75) is 32.6 Å². The van der Waals surface area contributed by atoms with Gasteiger partial charge in [-0.3, -0.25) is 4.79 Å². The minimum absolute atomic E-state index is 0.175. The number of nitrogen functional groups attached to an aromatic ring is 1. The van der Waals surface area contributed by atoms with Crippen LogP contribution < -0.4 is 5.73 Å². The molecule has 2 unspecified atom stereocenters. The van der Waals surface area contributed by atoms with E-state index in [1.54, 1.807) is 0 Å². The van der Waals surface area contributed by atoms with E-state index < -0.39 is 11.4 Å². The first kappa shape index (κ1) is 11.0. The molecule has 2 atom stereocenters. The minimum atomic E-state index is -0.753. The monoisotopic (exact) mass is 219 g/mol. The van der Waals surface area contributed by atoms with Crippen LogP contribution in [0.4, 0.5) is 5.69 Å². The summed E-state index contributed by atoms with van der Waals surface area (Å²) in [7, 11) is 0. The largest absolute Gasteiger partial charge is 0.481 e. The Balaban J connectivity index is 2.61. The molecular formula is C13H17NO2. The Labute approximate surface area is 95.3 Å². The van der Waals surface area contributed by atoms with Crippen molar-refractivity contribution in [2.24, 2.45) is 5.92 Å². The lowest BCUT2D eigenvalue weighted by Crippen LogP contribution is -2.23. The van der Waals surface area contributed by atoms with Gasteiger partial charge in [-0.15, -0.1) is 0 Å². The maximum absolute atomic E-state index is 11.4. The highest BCUT2D eigenvalue weighted by Crippen LogP contribution is 2.56. The van der Waals surface area contributed by atoms with Crippen molar-refractivity contribution in [1.82, 2.24) is 0 Å². The predicted octanol–water partition coefficient (Wildman–Crippen LogP) is 2.25. The van der Waals surface area contributed by atoms with Crippen molar-refractivity contribution in [1.29, 1.82) is 0 Å². The number of carboxylic acids is 1. The number of hydrogen-bond donors (Lipinski definition) is 2. The number of benzene rings is 1. The molecule has 0 amide bonds. The van der Waals surface area contributed by atoms with Gasteiger partial charge in [0, 0.05) is 5.69 Å². The van der Waals surface area contributed by atoms with Crippen molar-refractivity contribution in [3.05, 3.63) is 28.8 Å². The molecule has 3 N–H and O–H groups in total. The molecule has 0 aliphatic heterocycles. The third-order valence-corrected chi connectivity index (χ3v) is 3.70. The summed E-state index contributed by atoms with van der Waals surface area (Å²) >= 11 is 0. The zero-order valence-corrected chi connectivity index (χ0v) is 9.87. The number of aliphatic carboxylic acids is 1. The van der Waals surface area contributed by atoms with Gasteiger partial charge in [-0.05, 0) is 37.3 Å². The molecule has 0 heterocycles. The first-order valence-corrected chi connectivity index (χ1v) is 5.50. The first-order valence-electron chi connectivity index (χ1n) is 5.50. The Morgan fingerprint density at radius 3 is 2.50 bits per heavy atom. The molecule has 2 rings (SSSR count). The summed E-state index contributed by atoms with van der Waals surface area (Å²) in [6.45, 7) is 5.86. The number of nitrogens with two attached hydrogens (primary N) is 1. The quantitative estimate of drug-likeness (QED) is 0.750. The van der Waals surface area contributed by atoms with Crippen LogP contribution in [-0.4, -0.2) is 11.1 Å². The lowest BCUT2D eigenvalue weighted by atomic mass is 9.89. The van der Waals surface area contributed by atoms with E-state index in [1.165, 1.54) is 0 Å². The molecule has 0 aromatic heterocycles. The van der Waals surface area contributed by atoms with E-state index in [2.05, 4.69) is 0 Å². The van der Waals surface area contributed by atoms with Crippen LogP contribution in [0.15, 0.2) is 12.1 Å². The van der Waals surface area contributed by atoms with Crippen LogP contribution in [-0.2, 0) is 10.2 Å². The van der Waals surface area contributed by atoms with E-state index in [0.717, 1.165) is 16.7 Å². The lowest BCUT2D eigenvalue weighted by Gasteiger charge is -2.17. The Kier molecular flexibility index (Phi) is 2.22. The van der Waals surface area contributed by atoms with Crippen LogP contribution in [0.3, 0.4) is 0 Å². The van der Waals surface area contributed by atoms with Crippen LogP contribution in [0, 0.1) is 19.8 Å². The second-order valence-electron chi connectivity index (χ2n) is 4.92. The molecule has 0 bridgehead atoms. The van der Waals surface area contributed by atoms with E-state index in [0.29, 0.717) is 12.1 Å². The van der Waals surface area contributed by atoms with Gasteiger partial charge >= 0.3 is 5.97 Å². The fourth-order valence-electron chi connectivity index (χ4n) is 2.56. The summed E-state index contributed by atoms with van der Waals surface area (Å²) in [4.78, 5) is 11.4. The van der Waals surface area contributed by atoms with Crippen LogP contribution in [0.1, 0.15) is 30.0 Å². The van der Waals surface area contributed by atoms with Crippen molar-refractivity contribution >= 4 is 11.7 Å². The van der Waals surface area contributed by atoms with Gasteiger partial charge in [0.2, 0.25) is 0 Å². The van der Waals surface area contributed by atoms with Gasteiger partial charge in [-0.25, -0.2) is 0 Å².